The fourth-order valence-electron chi connectivity index (χ4n) is 2.64. The summed E-state index contributed by atoms with van der Waals surface area (Å²) in [6.07, 6.45) is 1.83. The van der Waals surface area contributed by atoms with E-state index in [0.29, 0.717) is 26.9 Å². The highest BCUT2D eigenvalue weighted by molar-refractivity contribution is 7.15. The van der Waals surface area contributed by atoms with Crippen molar-refractivity contribution < 1.29 is 4.74 Å². The van der Waals surface area contributed by atoms with Crippen molar-refractivity contribution in [2.45, 2.75) is 6.92 Å². The summed E-state index contributed by atoms with van der Waals surface area (Å²) in [6.45, 7) is 2.47. The van der Waals surface area contributed by atoms with E-state index >= 15 is 0 Å². The number of fused-ring (bicyclic) bond motifs is 3. The molecule has 2 aromatic heterocycles. The third kappa shape index (κ3) is 2.46. The zero-order chi connectivity index (χ0) is 16.7. The van der Waals surface area contributed by atoms with Gasteiger partial charge >= 0.3 is 0 Å². The Balaban J connectivity index is 1.87. The van der Waals surface area contributed by atoms with E-state index in [1.54, 1.807) is 10.5 Å². The van der Waals surface area contributed by atoms with Gasteiger partial charge in [-0.25, -0.2) is 9.38 Å². The number of hydrogen-bond acceptors (Lipinski definition) is 4. The second-order valence-corrected chi connectivity index (χ2v) is 6.67. The second-order valence-electron chi connectivity index (χ2n) is 5.26. The van der Waals surface area contributed by atoms with Gasteiger partial charge in [0.25, 0.3) is 5.56 Å². The fourth-order valence-corrected chi connectivity index (χ4v) is 3.87. The second kappa shape index (κ2) is 5.92. The minimum absolute atomic E-state index is 0.0614. The lowest BCUT2D eigenvalue weighted by Gasteiger charge is -2.05. The summed E-state index contributed by atoms with van der Waals surface area (Å²) in [5, 5.41) is 0.532. The smallest absolute Gasteiger partial charge is 0.274 e. The molecule has 0 atom stereocenters. The first kappa shape index (κ1) is 15.2. The molecule has 4 rings (SSSR count). The molecule has 24 heavy (non-hydrogen) atoms. The Morgan fingerprint density at radius 1 is 1.29 bits per heavy atom. The Morgan fingerprint density at radius 3 is 2.92 bits per heavy atom. The first-order valence-corrected chi connectivity index (χ1v) is 8.71. The molecule has 0 aliphatic rings. The Kier molecular flexibility index (Phi) is 3.75. The van der Waals surface area contributed by atoms with Gasteiger partial charge in [0.15, 0.2) is 4.96 Å². The first-order valence-electron chi connectivity index (χ1n) is 7.51. The zero-order valence-corrected chi connectivity index (χ0v) is 14.4. The molecule has 0 N–H and O–H groups in total. The third-order valence-electron chi connectivity index (χ3n) is 3.70. The van der Waals surface area contributed by atoms with Gasteiger partial charge in [0.05, 0.1) is 27.2 Å². The highest BCUT2D eigenvalue weighted by Gasteiger charge is 2.10. The van der Waals surface area contributed by atoms with Crippen molar-refractivity contribution in [3.8, 4) is 5.75 Å². The highest BCUT2D eigenvalue weighted by atomic mass is 35.5. The molecule has 0 saturated heterocycles. The van der Waals surface area contributed by atoms with Crippen LogP contribution in [0.3, 0.4) is 0 Å². The molecule has 0 aliphatic carbocycles. The number of aromatic nitrogens is 2. The summed E-state index contributed by atoms with van der Waals surface area (Å²) in [5.41, 5.74) is 2.46. The Morgan fingerprint density at radius 2 is 2.12 bits per heavy atom. The molecule has 6 heteroatoms. The molecule has 0 unspecified atom stereocenters. The molecular formula is C18H13ClN2O2S. The van der Waals surface area contributed by atoms with Crippen LogP contribution in [0.5, 0.6) is 5.75 Å². The number of rotatable bonds is 3. The van der Waals surface area contributed by atoms with Gasteiger partial charge in [0.2, 0.25) is 0 Å². The van der Waals surface area contributed by atoms with Crippen molar-refractivity contribution >= 4 is 45.0 Å². The van der Waals surface area contributed by atoms with E-state index in [-0.39, 0.29) is 5.56 Å². The maximum absolute atomic E-state index is 12.7. The number of benzene rings is 2. The van der Waals surface area contributed by atoms with Gasteiger partial charge in [-0.05, 0) is 42.8 Å². The number of imidazole rings is 1. The van der Waals surface area contributed by atoms with Crippen LogP contribution in [0.4, 0.5) is 0 Å². The molecule has 0 amide bonds. The number of halogens is 1. The predicted octanol–water partition coefficient (Wildman–Crippen LogP) is 3.51. The molecule has 2 heterocycles. The molecule has 0 radical (unpaired) electrons. The van der Waals surface area contributed by atoms with Crippen LogP contribution >= 0.6 is 22.9 Å². The van der Waals surface area contributed by atoms with Crippen LogP contribution in [0.1, 0.15) is 12.5 Å². The Bertz CT molecular complexity index is 1160. The number of nitrogens with zero attached hydrogens (tertiary/aromatic N) is 2. The van der Waals surface area contributed by atoms with Gasteiger partial charge in [-0.3, -0.25) is 4.79 Å². The van der Waals surface area contributed by atoms with E-state index in [2.05, 4.69) is 4.98 Å². The topological polar surface area (TPSA) is 43.6 Å². The van der Waals surface area contributed by atoms with Crippen LogP contribution < -0.4 is 14.8 Å². The van der Waals surface area contributed by atoms with Crippen LogP contribution in [0.15, 0.2) is 47.3 Å². The van der Waals surface area contributed by atoms with Gasteiger partial charge < -0.3 is 4.74 Å². The van der Waals surface area contributed by atoms with Crippen molar-refractivity contribution in [1.29, 1.82) is 0 Å². The molecule has 0 fully saturated rings. The normalized spacial score (nSPS) is 12.3. The predicted molar refractivity (Wildman–Crippen MR) is 98.3 cm³/mol. The summed E-state index contributed by atoms with van der Waals surface area (Å²) >= 11 is 7.59. The number of thiazole rings is 1. The lowest BCUT2D eigenvalue weighted by Crippen LogP contribution is -2.22. The zero-order valence-electron chi connectivity index (χ0n) is 12.8. The van der Waals surface area contributed by atoms with E-state index in [9.17, 15) is 4.79 Å². The largest absolute Gasteiger partial charge is 0.492 e. The van der Waals surface area contributed by atoms with E-state index in [1.165, 1.54) is 11.3 Å². The average molecular weight is 357 g/mol. The summed E-state index contributed by atoms with van der Waals surface area (Å²) in [4.78, 5) is 17.9. The molecule has 0 aliphatic heterocycles. The minimum atomic E-state index is -0.0614. The molecule has 2 aromatic carbocycles. The van der Waals surface area contributed by atoms with Gasteiger partial charge in [-0.15, -0.1) is 0 Å². The van der Waals surface area contributed by atoms with Crippen LogP contribution in [0.25, 0.3) is 22.1 Å². The van der Waals surface area contributed by atoms with E-state index in [0.717, 1.165) is 16.6 Å². The molecule has 0 spiro atoms. The molecule has 4 nitrogen and oxygen atoms in total. The third-order valence-corrected chi connectivity index (χ3v) is 4.96. The van der Waals surface area contributed by atoms with Gasteiger partial charge in [-0.2, -0.15) is 0 Å². The van der Waals surface area contributed by atoms with Crippen molar-refractivity contribution in [2.75, 3.05) is 6.61 Å². The van der Waals surface area contributed by atoms with Crippen molar-refractivity contribution in [3.05, 3.63) is 67.9 Å². The number of para-hydroxylation sites is 2. The number of ether oxygens (including phenoxy) is 1. The van der Waals surface area contributed by atoms with Crippen LogP contribution in [-0.2, 0) is 0 Å². The Hall–Kier alpha value is -2.37. The van der Waals surface area contributed by atoms with Crippen LogP contribution in [0.2, 0.25) is 5.02 Å². The van der Waals surface area contributed by atoms with Crippen molar-refractivity contribution in [1.82, 2.24) is 9.38 Å². The molecular weight excluding hydrogens is 344 g/mol. The monoisotopic (exact) mass is 356 g/mol. The summed E-state index contributed by atoms with van der Waals surface area (Å²) in [7, 11) is 0. The fraction of sp³-hybridized carbons (Fsp3) is 0.111. The molecule has 0 saturated carbocycles. The summed E-state index contributed by atoms with van der Waals surface area (Å²) in [6, 6.07) is 13.1. The highest BCUT2D eigenvalue weighted by Crippen LogP contribution is 2.25. The van der Waals surface area contributed by atoms with Crippen molar-refractivity contribution in [2.24, 2.45) is 0 Å². The summed E-state index contributed by atoms with van der Waals surface area (Å²) in [5.74, 6) is 0.644. The maximum atomic E-state index is 12.7. The van der Waals surface area contributed by atoms with E-state index in [1.807, 2.05) is 49.4 Å². The van der Waals surface area contributed by atoms with Crippen molar-refractivity contribution in [3.63, 3.8) is 0 Å². The summed E-state index contributed by atoms with van der Waals surface area (Å²) < 4.78 is 7.71. The average Bonchev–Trinajstić information content (AvgIpc) is 3.07. The van der Waals surface area contributed by atoms with Crippen LogP contribution in [-0.4, -0.2) is 16.0 Å². The molecule has 120 valence electrons. The number of hydrogen-bond donors (Lipinski definition) is 0. The van der Waals surface area contributed by atoms with Crippen LogP contribution in [0, 0.1) is 0 Å². The minimum Gasteiger partial charge on any atom is -0.492 e. The van der Waals surface area contributed by atoms with E-state index < -0.39 is 0 Å². The maximum Gasteiger partial charge on any atom is 0.274 e. The lowest BCUT2D eigenvalue weighted by atomic mass is 10.2. The molecule has 0 bridgehead atoms. The first-order chi connectivity index (χ1) is 11.7. The Labute approximate surface area is 146 Å². The van der Waals surface area contributed by atoms with Gasteiger partial charge in [0, 0.05) is 0 Å². The molecule has 4 aromatic rings. The van der Waals surface area contributed by atoms with E-state index in [4.69, 9.17) is 16.3 Å². The SMILES string of the molecule is CCOc1ccc(C=c2sc3nc4ccccc4n3c2=O)cc1Cl. The van der Waals surface area contributed by atoms with Gasteiger partial charge in [0.1, 0.15) is 5.75 Å². The quantitative estimate of drug-likeness (QED) is 0.564. The van der Waals surface area contributed by atoms with Gasteiger partial charge in [-0.1, -0.05) is 41.1 Å². The standard InChI is InChI=1S/C18H13ClN2O2S/c1-2-23-15-8-7-11(9-12(15)19)10-16-17(22)21-14-6-4-3-5-13(14)20-18(21)24-16/h3-10H,2H2,1H3. The lowest BCUT2D eigenvalue weighted by molar-refractivity contribution is 0.340.